The summed E-state index contributed by atoms with van der Waals surface area (Å²) in [5.41, 5.74) is 11.2. The third-order valence-electron chi connectivity index (χ3n) is 10.3. The summed E-state index contributed by atoms with van der Waals surface area (Å²) in [5, 5.41) is 6.91. The van der Waals surface area contributed by atoms with Crippen LogP contribution in [0.25, 0.3) is 76.8 Å². The smallest absolute Gasteiger partial charge is 0.123 e. The number of benzene rings is 8. The molecule has 0 fully saturated rings. The Balaban J connectivity index is 1.50. The molecule has 50 heavy (non-hydrogen) atoms. The van der Waals surface area contributed by atoms with Crippen molar-refractivity contribution in [2.45, 2.75) is 52.4 Å². The van der Waals surface area contributed by atoms with Gasteiger partial charge >= 0.3 is 0 Å². The maximum absolute atomic E-state index is 14.2. The van der Waals surface area contributed by atoms with Gasteiger partial charge in [-0.3, -0.25) is 0 Å². The average molecular weight is 655 g/mol. The van der Waals surface area contributed by atoms with Gasteiger partial charge in [-0.1, -0.05) is 139 Å². The van der Waals surface area contributed by atoms with Gasteiger partial charge in [-0.25, -0.2) is 8.78 Å². The lowest BCUT2D eigenvalue weighted by Crippen LogP contribution is -2.10. The molecule has 246 valence electrons. The molecule has 0 atom stereocenters. The molecule has 8 aromatic rings. The molecule has 0 amide bonds. The fourth-order valence-electron chi connectivity index (χ4n) is 7.51. The number of hydrogen-bond acceptors (Lipinski definition) is 0. The van der Waals surface area contributed by atoms with E-state index < -0.39 is 0 Å². The highest BCUT2D eigenvalue weighted by Crippen LogP contribution is 2.48. The molecular weight excluding hydrogens is 615 g/mol. The lowest BCUT2D eigenvalue weighted by atomic mass is 9.81. The van der Waals surface area contributed by atoms with Crippen molar-refractivity contribution in [1.29, 1.82) is 0 Å². The number of rotatable bonds is 4. The number of hydrogen-bond donors (Lipinski definition) is 0. The second-order valence-electron chi connectivity index (χ2n) is 15.7. The monoisotopic (exact) mass is 654 g/mol. The molecule has 0 spiro atoms. The highest BCUT2D eigenvalue weighted by atomic mass is 19.1. The summed E-state index contributed by atoms with van der Waals surface area (Å²) in [5.74, 6) is -0.508. The molecule has 0 N–H and O–H groups in total. The van der Waals surface area contributed by atoms with E-state index in [1.165, 1.54) is 46.2 Å². The topological polar surface area (TPSA) is 0 Å². The Bertz CT molecular complexity index is 2330. The van der Waals surface area contributed by atoms with Gasteiger partial charge in [0, 0.05) is 0 Å². The second kappa shape index (κ2) is 11.6. The second-order valence-corrected chi connectivity index (χ2v) is 15.7. The van der Waals surface area contributed by atoms with Gasteiger partial charge in [0.05, 0.1) is 0 Å². The van der Waals surface area contributed by atoms with Crippen LogP contribution >= 0.6 is 0 Å². The van der Waals surface area contributed by atoms with E-state index in [0.29, 0.717) is 0 Å². The van der Waals surface area contributed by atoms with Crippen molar-refractivity contribution in [2.24, 2.45) is 0 Å². The van der Waals surface area contributed by atoms with Crippen LogP contribution in [0.3, 0.4) is 0 Å². The summed E-state index contributed by atoms with van der Waals surface area (Å²) in [6, 6.07) is 45.0. The van der Waals surface area contributed by atoms with Crippen molar-refractivity contribution in [3.8, 4) is 44.5 Å². The Kier molecular flexibility index (Phi) is 7.42. The van der Waals surface area contributed by atoms with Crippen molar-refractivity contribution >= 4 is 32.3 Å². The van der Waals surface area contributed by atoms with Gasteiger partial charge in [-0.15, -0.1) is 0 Å². The minimum absolute atomic E-state index is 0.0404. The summed E-state index contributed by atoms with van der Waals surface area (Å²) < 4.78 is 28.4. The predicted molar refractivity (Wildman–Crippen MR) is 209 cm³/mol. The van der Waals surface area contributed by atoms with Gasteiger partial charge in [0.25, 0.3) is 0 Å². The summed E-state index contributed by atoms with van der Waals surface area (Å²) in [6.07, 6.45) is 0. The first-order chi connectivity index (χ1) is 23.9. The fourth-order valence-corrected chi connectivity index (χ4v) is 7.51. The lowest BCUT2D eigenvalue weighted by Gasteiger charge is -2.23. The van der Waals surface area contributed by atoms with E-state index in [0.717, 1.165) is 66.1 Å². The molecule has 0 saturated carbocycles. The van der Waals surface area contributed by atoms with Crippen molar-refractivity contribution in [2.75, 3.05) is 0 Å². The van der Waals surface area contributed by atoms with Crippen LogP contribution in [0.5, 0.6) is 0 Å². The van der Waals surface area contributed by atoms with Crippen LogP contribution in [0.4, 0.5) is 8.78 Å². The van der Waals surface area contributed by atoms with Crippen molar-refractivity contribution in [3.63, 3.8) is 0 Å². The van der Waals surface area contributed by atoms with E-state index in [9.17, 15) is 8.78 Å². The van der Waals surface area contributed by atoms with Gasteiger partial charge in [0.2, 0.25) is 0 Å². The molecule has 2 heteroatoms. The standard InChI is InChI=1S/C48H40F2/c1-47(2,3)33-15-7-29(8-16-33)41-27-43(31-11-19-35(49)20-12-31)39-26-24-38-42(30-9-17-34(18-10-30)48(4,5)6)28-44(32-13-21-36(50)22-14-32)40-25-23-37(41)45(39)46(38)40/h7-28H,1-6H3. The van der Waals surface area contributed by atoms with E-state index in [4.69, 9.17) is 0 Å². The van der Waals surface area contributed by atoms with Crippen LogP contribution in [-0.4, -0.2) is 0 Å². The van der Waals surface area contributed by atoms with E-state index in [1.807, 2.05) is 24.3 Å². The van der Waals surface area contributed by atoms with Gasteiger partial charge in [0.15, 0.2) is 0 Å². The van der Waals surface area contributed by atoms with E-state index in [1.54, 1.807) is 0 Å². The largest absolute Gasteiger partial charge is 0.207 e. The van der Waals surface area contributed by atoms with Crippen LogP contribution in [0.15, 0.2) is 133 Å². The zero-order chi connectivity index (χ0) is 34.9. The fraction of sp³-hybridized carbons (Fsp3) is 0.167. The molecule has 0 aromatic heterocycles. The first kappa shape index (κ1) is 31.9. The highest BCUT2D eigenvalue weighted by molar-refractivity contribution is 6.31. The normalized spacial score (nSPS) is 12.4. The Morgan fingerprint density at radius 2 is 0.560 bits per heavy atom. The minimum Gasteiger partial charge on any atom is -0.207 e. The third kappa shape index (κ3) is 5.44. The summed E-state index contributed by atoms with van der Waals surface area (Å²) >= 11 is 0. The van der Waals surface area contributed by atoms with Crippen LogP contribution in [0.2, 0.25) is 0 Å². The molecule has 0 radical (unpaired) electrons. The zero-order valence-electron chi connectivity index (χ0n) is 29.5. The Labute approximate surface area is 293 Å². The van der Waals surface area contributed by atoms with Gasteiger partial charge in [-0.2, -0.15) is 0 Å². The van der Waals surface area contributed by atoms with Crippen LogP contribution < -0.4 is 0 Å². The van der Waals surface area contributed by atoms with Crippen LogP contribution in [0.1, 0.15) is 52.7 Å². The van der Waals surface area contributed by atoms with Crippen LogP contribution in [-0.2, 0) is 10.8 Å². The minimum atomic E-state index is -0.254. The molecule has 0 aliphatic rings. The van der Waals surface area contributed by atoms with Gasteiger partial charge in [0.1, 0.15) is 11.6 Å². The SMILES string of the molecule is CC(C)(C)c1ccc(-c2cc(-c3ccc(F)cc3)c3ccc4c(-c5ccc(C(C)(C)C)cc5)cc(-c5ccc(F)cc5)c5ccc2c3c54)cc1. The number of halogens is 2. The Morgan fingerprint density at radius 3 is 0.800 bits per heavy atom. The highest BCUT2D eigenvalue weighted by Gasteiger charge is 2.22. The first-order valence-corrected chi connectivity index (χ1v) is 17.4. The molecule has 0 unspecified atom stereocenters. The molecule has 0 heterocycles. The summed E-state index contributed by atoms with van der Waals surface area (Å²) in [7, 11) is 0. The van der Waals surface area contributed by atoms with E-state index in [2.05, 4.69) is 126 Å². The van der Waals surface area contributed by atoms with Gasteiger partial charge < -0.3 is 0 Å². The quantitative estimate of drug-likeness (QED) is 0.166. The molecule has 0 bridgehead atoms. The van der Waals surface area contributed by atoms with E-state index in [-0.39, 0.29) is 22.5 Å². The Morgan fingerprint density at radius 1 is 0.320 bits per heavy atom. The average Bonchev–Trinajstić information content (AvgIpc) is 3.10. The molecule has 0 aliphatic carbocycles. The molecule has 0 nitrogen and oxygen atoms in total. The maximum atomic E-state index is 14.2. The lowest BCUT2D eigenvalue weighted by molar-refractivity contribution is 0.590. The maximum Gasteiger partial charge on any atom is 0.123 e. The zero-order valence-corrected chi connectivity index (χ0v) is 29.5. The van der Waals surface area contributed by atoms with Crippen LogP contribution in [0, 0.1) is 11.6 Å². The third-order valence-corrected chi connectivity index (χ3v) is 10.3. The molecular formula is C48H40F2. The first-order valence-electron chi connectivity index (χ1n) is 17.4. The predicted octanol–water partition coefficient (Wildman–Crippen LogP) is 14.1. The van der Waals surface area contributed by atoms with Crippen molar-refractivity contribution in [3.05, 3.63) is 156 Å². The Hall–Kier alpha value is -5.34. The molecule has 0 saturated heterocycles. The molecule has 8 rings (SSSR count). The summed E-state index contributed by atoms with van der Waals surface area (Å²) in [4.78, 5) is 0. The van der Waals surface area contributed by atoms with Crippen molar-refractivity contribution < 1.29 is 8.78 Å². The van der Waals surface area contributed by atoms with Gasteiger partial charge in [-0.05, 0) is 135 Å². The molecule has 8 aromatic carbocycles. The molecule has 0 aliphatic heterocycles. The van der Waals surface area contributed by atoms with E-state index >= 15 is 0 Å². The van der Waals surface area contributed by atoms with Crippen molar-refractivity contribution in [1.82, 2.24) is 0 Å². The summed E-state index contributed by atoms with van der Waals surface area (Å²) in [6.45, 7) is 13.4.